The molecule has 2 N–H and O–H groups in total. The third-order valence-corrected chi connectivity index (χ3v) is 9.53. The SMILES string of the molecule is CC(C1CSC(c2cc3cc(S(C)(=O)=O)cc(NC4CCCC4)c3n2C)=N1)N1CCNC(=O)C1. The number of piperazine rings is 1. The minimum Gasteiger partial charge on any atom is -0.381 e. The fraction of sp³-hybridized carbons (Fsp3) is 0.583. The minimum atomic E-state index is -3.33. The molecule has 1 aliphatic carbocycles. The summed E-state index contributed by atoms with van der Waals surface area (Å²) in [6.07, 6.45) is 5.89. The van der Waals surface area contributed by atoms with Crippen molar-refractivity contribution < 1.29 is 13.2 Å². The van der Waals surface area contributed by atoms with Crippen LogP contribution < -0.4 is 10.6 Å². The van der Waals surface area contributed by atoms with Gasteiger partial charge >= 0.3 is 0 Å². The number of carbonyl (C=O) groups excluding carboxylic acids is 1. The van der Waals surface area contributed by atoms with E-state index < -0.39 is 9.84 Å². The number of thioether (sulfide) groups is 1. The Hall–Kier alpha value is -2.04. The first kappa shape index (κ1) is 23.7. The van der Waals surface area contributed by atoms with E-state index in [0.29, 0.717) is 24.0 Å². The average Bonchev–Trinajstić information content (AvgIpc) is 3.53. The van der Waals surface area contributed by atoms with Crippen molar-refractivity contribution in [3.63, 3.8) is 0 Å². The van der Waals surface area contributed by atoms with Gasteiger partial charge in [-0.1, -0.05) is 12.8 Å². The summed E-state index contributed by atoms with van der Waals surface area (Å²) < 4.78 is 27.0. The predicted molar refractivity (Wildman–Crippen MR) is 139 cm³/mol. The van der Waals surface area contributed by atoms with E-state index in [1.54, 1.807) is 23.9 Å². The largest absolute Gasteiger partial charge is 0.381 e. The number of nitrogens with one attached hydrogen (secondary N) is 2. The quantitative estimate of drug-likeness (QED) is 0.629. The number of aryl methyl sites for hydroxylation is 1. The smallest absolute Gasteiger partial charge is 0.234 e. The van der Waals surface area contributed by atoms with Gasteiger partial charge in [-0.15, -0.1) is 11.8 Å². The Morgan fingerprint density at radius 1 is 1.24 bits per heavy atom. The molecule has 34 heavy (non-hydrogen) atoms. The lowest BCUT2D eigenvalue weighted by molar-refractivity contribution is -0.124. The summed E-state index contributed by atoms with van der Waals surface area (Å²) in [5.41, 5.74) is 2.90. The zero-order valence-electron chi connectivity index (χ0n) is 20.0. The van der Waals surface area contributed by atoms with Gasteiger partial charge in [-0.2, -0.15) is 0 Å². The lowest BCUT2D eigenvalue weighted by atomic mass is 10.1. The highest BCUT2D eigenvalue weighted by atomic mass is 32.2. The van der Waals surface area contributed by atoms with Gasteiger partial charge in [0.05, 0.1) is 34.4 Å². The van der Waals surface area contributed by atoms with Gasteiger partial charge in [0.25, 0.3) is 0 Å². The molecule has 1 saturated carbocycles. The molecule has 8 nitrogen and oxygen atoms in total. The Kier molecular flexibility index (Phi) is 6.41. The topological polar surface area (TPSA) is 95.8 Å². The van der Waals surface area contributed by atoms with Crippen LogP contribution >= 0.6 is 11.8 Å². The molecule has 2 aliphatic heterocycles. The van der Waals surface area contributed by atoms with Gasteiger partial charge in [-0.25, -0.2) is 8.42 Å². The molecule has 1 aromatic carbocycles. The second kappa shape index (κ2) is 9.20. The summed E-state index contributed by atoms with van der Waals surface area (Å²) in [5, 5.41) is 8.41. The van der Waals surface area contributed by atoms with Crippen LogP contribution in [-0.2, 0) is 21.7 Å². The van der Waals surface area contributed by atoms with Crippen LogP contribution in [0.15, 0.2) is 28.1 Å². The third kappa shape index (κ3) is 4.59. The van der Waals surface area contributed by atoms with Crippen LogP contribution in [-0.4, -0.2) is 78.6 Å². The molecule has 0 bridgehead atoms. The van der Waals surface area contributed by atoms with Crippen molar-refractivity contribution in [1.82, 2.24) is 14.8 Å². The summed E-state index contributed by atoms with van der Waals surface area (Å²) in [7, 11) is -1.30. The molecule has 1 aromatic heterocycles. The van der Waals surface area contributed by atoms with Crippen LogP contribution in [0.25, 0.3) is 10.9 Å². The highest BCUT2D eigenvalue weighted by Crippen LogP contribution is 2.35. The van der Waals surface area contributed by atoms with E-state index in [2.05, 4.69) is 33.1 Å². The minimum absolute atomic E-state index is 0.0746. The van der Waals surface area contributed by atoms with Crippen molar-refractivity contribution >= 4 is 49.1 Å². The van der Waals surface area contributed by atoms with Crippen molar-refractivity contribution in [3.05, 3.63) is 23.9 Å². The molecule has 1 amide bonds. The molecule has 2 atom stereocenters. The number of benzene rings is 1. The number of anilines is 1. The lowest BCUT2D eigenvalue weighted by Gasteiger charge is -2.33. The Balaban J connectivity index is 1.49. The van der Waals surface area contributed by atoms with E-state index in [-0.39, 0.29) is 18.0 Å². The second-order valence-electron chi connectivity index (χ2n) is 9.77. The second-order valence-corrected chi connectivity index (χ2v) is 12.8. The van der Waals surface area contributed by atoms with Crippen LogP contribution in [0.2, 0.25) is 0 Å². The summed E-state index contributed by atoms with van der Waals surface area (Å²) in [6.45, 7) is 4.10. The fourth-order valence-corrected chi connectivity index (χ4v) is 7.23. The molecule has 184 valence electrons. The van der Waals surface area contributed by atoms with E-state index in [4.69, 9.17) is 4.99 Å². The van der Waals surface area contributed by atoms with Crippen LogP contribution in [0.4, 0.5) is 5.69 Å². The van der Waals surface area contributed by atoms with Crippen molar-refractivity contribution in [2.75, 3.05) is 37.0 Å². The van der Waals surface area contributed by atoms with E-state index in [1.807, 2.05) is 7.05 Å². The number of nitrogens with zero attached hydrogens (tertiary/aromatic N) is 3. The Morgan fingerprint density at radius 3 is 2.71 bits per heavy atom. The average molecular weight is 504 g/mol. The zero-order chi connectivity index (χ0) is 24.0. The predicted octanol–water partition coefficient (Wildman–Crippen LogP) is 2.62. The number of sulfone groups is 1. The van der Waals surface area contributed by atoms with Gasteiger partial charge in [0.2, 0.25) is 5.91 Å². The number of aromatic nitrogens is 1. The third-order valence-electron chi connectivity index (χ3n) is 7.34. The van der Waals surface area contributed by atoms with Crippen molar-refractivity contribution in [2.45, 2.75) is 55.6 Å². The molecular weight excluding hydrogens is 470 g/mol. The maximum Gasteiger partial charge on any atom is 0.234 e. The molecule has 2 fully saturated rings. The van der Waals surface area contributed by atoms with Gasteiger partial charge in [0, 0.05) is 49.6 Å². The number of fused-ring (bicyclic) bond motifs is 1. The molecular formula is C24H33N5O3S2. The van der Waals surface area contributed by atoms with Gasteiger partial charge in [-0.05, 0) is 38.0 Å². The molecule has 2 aromatic rings. The molecule has 3 aliphatic rings. The Labute approximate surface area is 205 Å². The van der Waals surface area contributed by atoms with Gasteiger partial charge < -0.3 is 15.2 Å². The molecule has 0 spiro atoms. The number of hydrogen-bond acceptors (Lipinski definition) is 7. The van der Waals surface area contributed by atoms with E-state index in [9.17, 15) is 13.2 Å². The monoisotopic (exact) mass is 503 g/mol. The maximum absolute atomic E-state index is 12.4. The first-order valence-electron chi connectivity index (χ1n) is 12.0. The fourth-order valence-electron chi connectivity index (χ4n) is 5.32. The van der Waals surface area contributed by atoms with Crippen LogP contribution in [0.3, 0.4) is 0 Å². The summed E-state index contributed by atoms with van der Waals surface area (Å²) in [5.74, 6) is 0.948. The van der Waals surface area contributed by atoms with Crippen LogP contribution in [0, 0.1) is 0 Å². The van der Waals surface area contributed by atoms with E-state index in [0.717, 1.165) is 52.5 Å². The number of amides is 1. The lowest BCUT2D eigenvalue weighted by Crippen LogP contribution is -2.53. The summed E-state index contributed by atoms with van der Waals surface area (Å²) in [6, 6.07) is 6.31. The highest BCUT2D eigenvalue weighted by molar-refractivity contribution is 8.14. The maximum atomic E-state index is 12.4. The standard InChI is InChI=1S/C24H33N5O3S2/c1-15(29-9-8-25-22(30)13-29)20-14-33-24(27-20)21-11-16-10-18(34(3,31)32)12-19(23(16)28(21)2)26-17-6-4-5-7-17/h10-12,15,17,20,26H,4-9,13-14H2,1-3H3,(H,25,30). The molecule has 2 unspecified atom stereocenters. The van der Waals surface area contributed by atoms with Crippen molar-refractivity contribution in [2.24, 2.45) is 12.0 Å². The summed E-state index contributed by atoms with van der Waals surface area (Å²) >= 11 is 1.74. The number of hydrogen-bond donors (Lipinski definition) is 2. The zero-order valence-corrected chi connectivity index (χ0v) is 21.6. The number of aliphatic imine (C=N–C) groups is 1. The van der Waals surface area contributed by atoms with Gasteiger partial charge in [-0.3, -0.25) is 14.7 Å². The van der Waals surface area contributed by atoms with Crippen LogP contribution in [0.5, 0.6) is 0 Å². The van der Waals surface area contributed by atoms with Crippen molar-refractivity contribution in [1.29, 1.82) is 0 Å². The molecule has 3 heterocycles. The number of carbonyl (C=O) groups is 1. The molecule has 10 heteroatoms. The Bertz CT molecular complexity index is 1250. The van der Waals surface area contributed by atoms with Gasteiger partial charge in [0.15, 0.2) is 9.84 Å². The molecule has 5 rings (SSSR count). The van der Waals surface area contributed by atoms with E-state index in [1.165, 1.54) is 19.1 Å². The van der Waals surface area contributed by atoms with Crippen molar-refractivity contribution in [3.8, 4) is 0 Å². The normalized spacial score (nSPS) is 23.3. The first-order valence-corrected chi connectivity index (χ1v) is 14.9. The molecule has 0 radical (unpaired) electrons. The van der Waals surface area contributed by atoms with Gasteiger partial charge in [0.1, 0.15) is 5.04 Å². The molecule has 1 saturated heterocycles. The van der Waals surface area contributed by atoms with E-state index >= 15 is 0 Å². The highest BCUT2D eigenvalue weighted by Gasteiger charge is 2.32. The Morgan fingerprint density at radius 2 is 2.00 bits per heavy atom. The first-order chi connectivity index (χ1) is 16.2. The summed E-state index contributed by atoms with van der Waals surface area (Å²) in [4.78, 5) is 19.4. The number of rotatable bonds is 6. The van der Waals surface area contributed by atoms with Crippen LogP contribution in [0.1, 0.15) is 38.3 Å².